The van der Waals surface area contributed by atoms with Crippen molar-refractivity contribution >= 4 is 53.8 Å². The molecule has 0 radical (unpaired) electrons. The first-order valence-electron chi connectivity index (χ1n) is 5.05. The zero-order valence-corrected chi connectivity index (χ0v) is 13.3. The van der Waals surface area contributed by atoms with Crippen molar-refractivity contribution in [3.63, 3.8) is 0 Å². The number of benzene rings is 1. The highest BCUT2D eigenvalue weighted by atomic mass is 127. The van der Waals surface area contributed by atoms with E-state index in [1.165, 1.54) is 19.7 Å². The van der Waals surface area contributed by atoms with Gasteiger partial charge in [0.25, 0.3) is 0 Å². The molecule has 0 saturated carbocycles. The van der Waals surface area contributed by atoms with Crippen molar-refractivity contribution in [2.75, 3.05) is 5.75 Å². The number of rotatable bonds is 3. The molecule has 1 aliphatic heterocycles. The zero-order valence-electron chi connectivity index (χ0n) is 8.78. The van der Waals surface area contributed by atoms with Crippen molar-refractivity contribution in [1.82, 2.24) is 0 Å². The lowest BCUT2D eigenvalue weighted by Gasteiger charge is -2.21. The van der Waals surface area contributed by atoms with Crippen LogP contribution in [0.3, 0.4) is 0 Å². The van der Waals surface area contributed by atoms with Crippen molar-refractivity contribution in [1.29, 1.82) is 5.26 Å². The van der Waals surface area contributed by atoms with Gasteiger partial charge in [0, 0.05) is 36.7 Å². The predicted octanol–water partition coefficient (Wildman–Crippen LogP) is 4.96. The van der Waals surface area contributed by atoms with Crippen LogP contribution < -0.4 is 0 Å². The third kappa shape index (κ3) is 3.24. The molecule has 0 amide bonds. The van der Waals surface area contributed by atoms with Crippen LogP contribution in [0.25, 0.3) is 0 Å². The fraction of sp³-hybridized carbons (Fsp3) is 0.364. The predicted molar refractivity (Wildman–Crippen MR) is 81.5 cm³/mol. The van der Waals surface area contributed by atoms with Crippen LogP contribution in [0.5, 0.6) is 0 Å². The lowest BCUT2D eigenvalue weighted by atomic mass is 10.0. The second-order valence-corrected chi connectivity index (χ2v) is 6.54. The molecule has 1 unspecified atom stereocenters. The van der Waals surface area contributed by atoms with Gasteiger partial charge in [-0.2, -0.15) is 5.26 Å². The first-order chi connectivity index (χ1) is 8.26. The fourth-order valence-corrected chi connectivity index (χ4v) is 4.11. The quantitative estimate of drug-likeness (QED) is 0.533. The van der Waals surface area contributed by atoms with Crippen LogP contribution in [0.15, 0.2) is 17.0 Å². The van der Waals surface area contributed by atoms with E-state index in [0.29, 0.717) is 5.02 Å². The van der Waals surface area contributed by atoms with Crippen molar-refractivity contribution in [3.8, 4) is 6.07 Å². The Morgan fingerprint density at radius 2 is 2.41 bits per heavy atom. The molecule has 1 heterocycles. The molecule has 0 fully saturated rings. The molecule has 90 valence electrons. The molecule has 0 spiro atoms. The summed E-state index contributed by atoms with van der Waals surface area (Å²) in [6, 6.07) is 6.02. The molecule has 0 aliphatic carbocycles. The van der Waals surface area contributed by atoms with Crippen LogP contribution in [-0.2, 0) is 10.6 Å². The number of aryl methyl sites for hydroxylation is 1. The normalized spacial score (nSPS) is 16.1. The van der Waals surface area contributed by atoms with Crippen molar-refractivity contribution < 1.29 is 4.18 Å². The molecule has 1 aromatic rings. The van der Waals surface area contributed by atoms with Crippen LogP contribution >= 0.6 is 53.8 Å². The molecule has 2 rings (SSSR count). The fourth-order valence-electron chi connectivity index (χ4n) is 1.85. The summed E-state index contributed by atoms with van der Waals surface area (Å²) in [6.07, 6.45) is 1.65. The van der Waals surface area contributed by atoms with Crippen LogP contribution in [0.2, 0.25) is 5.02 Å². The first kappa shape index (κ1) is 13.8. The number of nitrogens with zero attached hydrogens (tertiary/aromatic N) is 1. The van der Waals surface area contributed by atoms with Crippen LogP contribution in [-0.4, -0.2) is 5.75 Å². The molecule has 0 N–H and O–H groups in total. The average molecular weight is 398 g/mol. The topological polar surface area (TPSA) is 33.0 Å². The molecule has 1 aliphatic rings. The molecule has 1 aromatic carbocycles. The monoisotopic (exact) mass is 397 g/mol. The Morgan fingerprint density at radius 3 is 3.12 bits per heavy atom. The van der Waals surface area contributed by atoms with Gasteiger partial charge in [-0.05, 0) is 36.3 Å². The minimum Gasteiger partial charge on any atom is -0.282 e. The third-order valence-corrected chi connectivity index (χ3v) is 4.91. The Kier molecular flexibility index (Phi) is 5.30. The summed E-state index contributed by atoms with van der Waals surface area (Å²) < 4.78 is 5.37. The summed E-state index contributed by atoms with van der Waals surface area (Å²) in [5.41, 5.74) is 2.15. The Balaban J connectivity index is 2.45. The smallest absolute Gasteiger partial charge is 0.185 e. The SMILES string of the molecule is N#CC(OSI)c1cc(Cl)cc2c1SCCC2. The van der Waals surface area contributed by atoms with E-state index in [1.54, 1.807) is 11.8 Å². The Labute approximate surface area is 126 Å². The molecule has 17 heavy (non-hydrogen) atoms. The van der Waals surface area contributed by atoms with E-state index < -0.39 is 6.10 Å². The number of fused-ring (bicyclic) bond motifs is 1. The van der Waals surface area contributed by atoms with Gasteiger partial charge in [0.05, 0.1) is 9.21 Å². The maximum Gasteiger partial charge on any atom is 0.185 e. The van der Waals surface area contributed by atoms with Gasteiger partial charge in [0.1, 0.15) is 6.07 Å². The molecule has 6 heteroatoms. The van der Waals surface area contributed by atoms with E-state index in [2.05, 4.69) is 6.07 Å². The summed E-state index contributed by atoms with van der Waals surface area (Å²) in [6.45, 7) is 0. The second kappa shape index (κ2) is 6.53. The van der Waals surface area contributed by atoms with E-state index in [9.17, 15) is 0 Å². The van der Waals surface area contributed by atoms with E-state index in [4.69, 9.17) is 21.0 Å². The van der Waals surface area contributed by atoms with Crippen molar-refractivity contribution in [2.45, 2.75) is 23.8 Å². The summed E-state index contributed by atoms with van der Waals surface area (Å²) in [5, 5.41) is 9.84. The highest BCUT2D eigenvalue weighted by Gasteiger charge is 2.22. The van der Waals surface area contributed by atoms with Crippen LogP contribution in [0, 0.1) is 11.3 Å². The Bertz CT molecular complexity index is 464. The molecular formula is C11H9ClINOS2. The molecule has 1 atom stereocenters. The van der Waals surface area contributed by atoms with E-state index in [1.807, 2.05) is 33.3 Å². The van der Waals surface area contributed by atoms with Gasteiger partial charge < -0.3 is 0 Å². The van der Waals surface area contributed by atoms with Gasteiger partial charge in [-0.3, -0.25) is 4.18 Å². The van der Waals surface area contributed by atoms with Crippen LogP contribution in [0.1, 0.15) is 23.7 Å². The average Bonchev–Trinajstić information content (AvgIpc) is 2.35. The molecule has 0 saturated heterocycles. The van der Waals surface area contributed by atoms with E-state index in [0.717, 1.165) is 24.2 Å². The van der Waals surface area contributed by atoms with Gasteiger partial charge >= 0.3 is 0 Å². The number of nitriles is 1. The maximum absolute atomic E-state index is 9.16. The summed E-state index contributed by atoms with van der Waals surface area (Å²) in [5.74, 6) is 1.09. The van der Waals surface area contributed by atoms with Gasteiger partial charge in [0.2, 0.25) is 0 Å². The summed E-state index contributed by atoms with van der Waals surface area (Å²) >= 11 is 9.91. The third-order valence-electron chi connectivity index (χ3n) is 2.53. The first-order valence-corrected chi connectivity index (χ1v) is 9.70. The van der Waals surface area contributed by atoms with Gasteiger partial charge in [-0.25, -0.2) is 0 Å². The minimum absolute atomic E-state index is 0.546. The van der Waals surface area contributed by atoms with E-state index >= 15 is 0 Å². The molecule has 2 nitrogen and oxygen atoms in total. The minimum atomic E-state index is -0.546. The van der Waals surface area contributed by atoms with Gasteiger partial charge in [-0.15, -0.1) is 11.8 Å². The highest BCUT2D eigenvalue weighted by molar-refractivity contribution is 14.2. The number of hydrogen-bond acceptors (Lipinski definition) is 4. The number of thioether (sulfide) groups is 1. The van der Waals surface area contributed by atoms with Crippen molar-refractivity contribution in [3.05, 3.63) is 28.3 Å². The Morgan fingerprint density at radius 1 is 1.59 bits per heavy atom. The second-order valence-electron chi connectivity index (χ2n) is 3.60. The lowest BCUT2D eigenvalue weighted by molar-refractivity contribution is 0.315. The van der Waals surface area contributed by atoms with E-state index in [-0.39, 0.29) is 0 Å². The van der Waals surface area contributed by atoms with Gasteiger partial charge in [-0.1, -0.05) is 11.6 Å². The van der Waals surface area contributed by atoms with Crippen molar-refractivity contribution in [2.24, 2.45) is 0 Å². The van der Waals surface area contributed by atoms with Crippen LogP contribution in [0.4, 0.5) is 0 Å². The maximum atomic E-state index is 9.16. The number of halogens is 2. The summed E-state index contributed by atoms with van der Waals surface area (Å²) in [4.78, 5) is 1.18. The zero-order chi connectivity index (χ0) is 12.3. The highest BCUT2D eigenvalue weighted by Crippen LogP contribution is 2.40. The Hall–Kier alpha value is 0.390. The van der Waals surface area contributed by atoms with Gasteiger partial charge in [0.15, 0.2) is 6.10 Å². The molecule has 0 bridgehead atoms. The standard InChI is InChI=1S/C11H9ClINOS2/c12-8-4-7-2-1-3-16-11(7)9(5-8)10(6-14)15-17-13/h4-5,10H,1-3H2. The largest absolute Gasteiger partial charge is 0.282 e. The number of hydrogen-bond donors (Lipinski definition) is 0. The summed E-state index contributed by atoms with van der Waals surface area (Å²) in [7, 11) is 1.18. The molecular weight excluding hydrogens is 389 g/mol. The molecule has 0 aromatic heterocycles. The lowest BCUT2D eigenvalue weighted by Crippen LogP contribution is -2.06.